The zero-order valence-electron chi connectivity index (χ0n) is 12.5. The first-order chi connectivity index (χ1) is 8.95. The Labute approximate surface area is 118 Å². The highest BCUT2D eigenvalue weighted by Gasteiger charge is 2.24. The summed E-state index contributed by atoms with van der Waals surface area (Å²) in [5.41, 5.74) is 4.67. The second-order valence-corrected chi connectivity index (χ2v) is 6.13. The van der Waals surface area contributed by atoms with Crippen molar-refractivity contribution in [2.24, 2.45) is 7.05 Å². The van der Waals surface area contributed by atoms with E-state index in [2.05, 4.69) is 45.0 Å². The lowest BCUT2D eigenvalue weighted by Gasteiger charge is -2.16. The van der Waals surface area contributed by atoms with Gasteiger partial charge >= 0.3 is 0 Å². The molecule has 4 nitrogen and oxygen atoms in total. The van der Waals surface area contributed by atoms with E-state index in [-0.39, 0.29) is 6.04 Å². The maximum atomic E-state index is 4.72. The van der Waals surface area contributed by atoms with Gasteiger partial charge in [-0.1, -0.05) is 6.92 Å². The van der Waals surface area contributed by atoms with E-state index in [1.165, 1.54) is 16.1 Å². The van der Waals surface area contributed by atoms with E-state index in [0.29, 0.717) is 0 Å². The molecule has 2 aromatic heterocycles. The van der Waals surface area contributed by atoms with Gasteiger partial charge in [-0.05, 0) is 34.2 Å². The molecule has 0 radical (unpaired) electrons. The van der Waals surface area contributed by atoms with Gasteiger partial charge in [-0.3, -0.25) is 4.68 Å². The quantitative estimate of drug-likeness (QED) is 0.935. The minimum atomic E-state index is 0.149. The van der Waals surface area contributed by atoms with Gasteiger partial charge < -0.3 is 5.32 Å². The minimum absolute atomic E-state index is 0.149. The van der Waals surface area contributed by atoms with Gasteiger partial charge in [0, 0.05) is 23.2 Å². The average molecular weight is 278 g/mol. The Balaban J connectivity index is 2.51. The summed E-state index contributed by atoms with van der Waals surface area (Å²) in [6.45, 7) is 11.4. The summed E-state index contributed by atoms with van der Waals surface area (Å²) >= 11 is 1.77. The standard InChI is InChI=1S/C14H22N4S/c1-7-15-13(14-16-8(2)11(5)19-14)12-9(3)17-18(6)10(12)4/h13,15H,7H2,1-6H3. The van der Waals surface area contributed by atoms with E-state index < -0.39 is 0 Å². The predicted molar refractivity (Wildman–Crippen MR) is 79.8 cm³/mol. The molecule has 0 aliphatic rings. The fourth-order valence-corrected chi connectivity index (χ4v) is 3.35. The number of rotatable bonds is 4. The van der Waals surface area contributed by atoms with E-state index in [9.17, 15) is 0 Å². The first kappa shape index (κ1) is 14.2. The van der Waals surface area contributed by atoms with Crippen molar-refractivity contribution in [1.82, 2.24) is 20.1 Å². The molecule has 0 spiro atoms. The molecule has 5 heteroatoms. The minimum Gasteiger partial charge on any atom is -0.304 e. The Morgan fingerprint density at radius 3 is 2.32 bits per heavy atom. The topological polar surface area (TPSA) is 42.7 Å². The highest BCUT2D eigenvalue weighted by atomic mass is 32.1. The number of aromatic nitrogens is 3. The summed E-state index contributed by atoms with van der Waals surface area (Å²) < 4.78 is 1.95. The van der Waals surface area contributed by atoms with Crippen molar-refractivity contribution in [3.63, 3.8) is 0 Å². The molecule has 0 aliphatic heterocycles. The number of hydrogen-bond donors (Lipinski definition) is 1. The van der Waals surface area contributed by atoms with Crippen molar-refractivity contribution in [1.29, 1.82) is 0 Å². The van der Waals surface area contributed by atoms with Gasteiger partial charge in [0.25, 0.3) is 0 Å². The van der Waals surface area contributed by atoms with Crippen LogP contribution in [0.5, 0.6) is 0 Å². The lowest BCUT2D eigenvalue weighted by molar-refractivity contribution is 0.618. The van der Waals surface area contributed by atoms with E-state index in [1.54, 1.807) is 11.3 Å². The van der Waals surface area contributed by atoms with Crippen LogP contribution in [0.2, 0.25) is 0 Å². The number of nitrogens with one attached hydrogen (secondary N) is 1. The van der Waals surface area contributed by atoms with Crippen molar-refractivity contribution < 1.29 is 0 Å². The molecule has 0 saturated heterocycles. The molecule has 0 saturated carbocycles. The summed E-state index contributed by atoms with van der Waals surface area (Å²) in [5, 5.41) is 9.20. The zero-order chi connectivity index (χ0) is 14.2. The molecule has 1 atom stereocenters. The SMILES string of the molecule is CCNC(c1nc(C)c(C)s1)c1c(C)nn(C)c1C. The lowest BCUT2D eigenvalue weighted by Crippen LogP contribution is -2.23. The highest BCUT2D eigenvalue weighted by molar-refractivity contribution is 7.11. The van der Waals surface area contributed by atoms with Crippen LogP contribution in [0.4, 0.5) is 0 Å². The van der Waals surface area contributed by atoms with Crippen molar-refractivity contribution in [2.75, 3.05) is 6.54 Å². The third kappa shape index (κ3) is 2.58. The molecule has 0 bridgehead atoms. The first-order valence-corrected chi connectivity index (χ1v) is 7.44. The van der Waals surface area contributed by atoms with E-state index in [1.807, 2.05) is 11.7 Å². The molecule has 1 unspecified atom stereocenters. The van der Waals surface area contributed by atoms with Crippen LogP contribution in [0, 0.1) is 27.7 Å². The number of hydrogen-bond acceptors (Lipinski definition) is 4. The molecule has 0 aromatic carbocycles. The van der Waals surface area contributed by atoms with Crippen LogP contribution in [0.1, 0.15) is 45.5 Å². The Bertz CT molecular complexity index is 563. The second-order valence-electron chi connectivity index (χ2n) is 4.89. The fourth-order valence-electron chi connectivity index (χ4n) is 2.35. The summed E-state index contributed by atoms with van der Waals surface area (Å²) in [5.74, 6) is 0. The summed E-state index contributed by atoms with van der Waals surface area (Å²) in [4.78, 5) is 6.00. The van der Waals surface area contributed by atoms with Gasteiger partial charge in [0.15, 0.2) is 0 Å². The molecule has 0 aliphatic carbocycles. The monoisotopic (exact) mass is 278 g/mol. The van der Waals surface area contributed by atoms with Gasteiger partial charge in [0.05, 0.1) is 17.4 Å². The third-order valence-electron chi connectivity index (χ3n) is 3.55. The first-order valence-electron chi connectivity index (χ1n) is 6.63. The largest absolute Gasteiger partial charge is 0.304 e. The Morgan fingerprint density at radius 2 is 1.89 bits per heavy atom. The summed E-state index contributed by atoms with van der Waals surface area (Å²) in [6, 6.07) is 0.149. The Morgan fingerprint density at radius 1 is 1.21 bits per heavy atom. The zero-order valence-corrected chi connectivity index (χ0v) is 13.4. The normalized spacial score (nSPS) is 12.9. The third-order valence-corrected chi connectivity index (χ3v) is 4.69. The van der Waals surface area contributed by atoms with E-state index >= 15 is 0 Å². The van der Waals surface area contributed by atoms with E-state index in [4.69, 9.17) is 4.98 Å². The number of aryl methyl sites for hydroxylation is 4. The van der Waals surface area contributed by atoms with Gasteiger partial charge in [-0.15, -0.1) is 11.3 Å². The second kappa shape index (κ2) is 5.43. The van der Waals surface area contributed by atoms with Crippen molar-refractivity contribution in [3.8, 4) is 0 Å². The Kier molecular flexibility index (Phi) is 4.06. The smallest absolute Gasteiger partial charge is 0.115 e. The Hall–Kier alpha value is -1.20. The molecule has 2 aromatic rings. The molecular formula is C14H22N4S. The van der Waals surface area contributed by atoms with Crippen molar-refractivity contribution in [3.05, 3.63) is 32.5 Å². The van der Waals surface area contributed by atoms with Gasteiger partial charge in [-0.25, -0.2) is 4.98 Å². The van der Waals surface area contributed by atoms with Crippen LogP contribution < -0.4 is 5.32 Å². The highest BCUT2D eigenvalue weighted by Crippen LogP contribution is 2.31. The van der Waals surface area contributed by atoms with Gasteiger partial charge in [-0.2, -0.15) is 5.10 Å². The van der Waals surface area contributed by atoms with Gasteiger partial charge in [0.2, 0.25) is 0 Å². The summed E-state index contributed by atoms with van der Waals surface area (Å²) in [6.07, 6.45) is 0. The van der Waals surface area contributed by atoms with E-state index in [0.717, 1.165) is 22.9 Å². The molecule has 1 N–H and O–H groups in total. The lowest BCUT2D eigenvalue weighted by atomic mass is 10.1. The number of thiazole rings is 1. The van der Waals surface area contributed by atoms with Crippen molar-refractivity contribution in [2.45, 2.75) is 40.7 Å². The fraction of sp³-hybridized carbons (Fsp3) is 0.571. The molecule has 19 heavy (non-hydrogen) atoms. The molecule has 0 fully saturated rings. The van der Waals surface area contributed by atoms with Gasteiger partial charge in [0.1, 0.15) is 5.01 Å². The maximum absolute atomic E-state index is 4.72. The maximum Gasteiger partial charge on any atom is 0.115 e. The molecule has 2 heterocycles. The van der Waals surface area contributed by atoms with Crippen LogP contribution in [0.15, 0.2) is 0 Å². The van der Waals surface area contributed by atoms with Crippen LogP contribution in [0.25, 0.3) is 0 Å². The van der Waals surface area contributed by atoms with Crippen LogP contribution >= 0.6 is 11.3 Å². The molecular weight excluding hydrogens is 256 g/mol. The van der Waals surface area contributed by atoms with Crippen LogP contribution in [-0.4, -0.2) is 21.3 Å². The van der Waals surface area contributed by atoms with Crippen LogP contribution in [-0.2, 0) is 7.05 Å². The average Bonchev–Trinajstić information content (AvgIpc) is 2.79. The molecule has 0 amide bonds. The molecule has 2 rings (SSSR count). The van der Waals surface area contributed by atoms with Crippen LogP contribution in [0.3, 0.4) is 0 Å². The van der Waals surface area contributed by atoms with Crippen molar-refractivity contribution >= 4 is 11.3 Å². The number of nitrogens with zero attached hydrogens (tertiary/aromatic N) is 3. The molecule has 104 valence electrons. The predicted octanol–water partition coefficient (Wildman–Crippen LogP) is 2.81. The summed E-state index contributed by atoms with van der Waals surface area (Å²) in [7, 11) is 1.99.